The zero-order valence-electron chi connectivity index (χ0n) is 18.1. The zero-order valence-corrected chi connectivity index (χ0v) is 18.1. The van der Waals surface area contributed by atoms with Crippen LogP contribution in [0.3, 0.4) is 0 Å². The van der Waals surface area contributed by atoms with Crippen molar-refractivity contribution in [2.45, 2.75) is 44.7 Å². The Balaban J connectivity index is 1.26. The van der Waals surface area contributed by atoms with Crippen molar-refractivity contribution in [1.29, 1.82) is 0 Å². The summed E-state index contributed by atoms with van der Waals surface area (Å²) in [6.45, 7) is 2.22. The molecule has 1 aliphatic heterocycles. The normalized spacial score (nSPS) is 16.9. The largest absolute Gasteiger partial charge is 0.361 e. The number of hydrogen-bond donors (Lipinski definition) is 3. The highest BCUT2D eigenvalue weighted by atomic mass is 16.2. The molecular formula is C25H28N4O3. The van der Waals surface area contributed by atoms with Gasteiger partial charge in [0.25, 0.3) is 5.91 Å². The number of benzene rings is 2. The van der Waals surface area contributed by atoms with Gasteiger partial charge >= 0.3 is 6.03 Å². The minimum absolute atomic E-state index is 0.0205. The van der Waals surface area contributed by atoms with E-state index in [1.165, 1.54) is 10.5 Å². The molecule has 7 nitrogen and oxygen atoms in total. The highest BCUT2D eigenvalue weighted by Gasteiger charge is 2.38. The molecule has 3 aromatic rings. The molecule has 0 spiro atoms. The Kier molecular flexibility index (Phi) is 6.54. The molecule has 0 bridgehead atoms. The predicted molar refractivity (Wildman–Crippen MR) is 123 cm³/mol. The molecular weight excluding hydrogens is 404 g/mol. The van der Waals surface area contributed by atoms with Gasteiger partial charge in [0.05, 0.1) is 6.42 Å². The average molecular weight is 433 g/mol. The number of nitrogens with zero attached hydrogens (tertiary/aromatic N) is 1. The number of para-hydroxylation sites is 1. The third-order valence-corrected chi connectivity index (χ3v) is 5.89. The number of hydrogen-bond acceptors (Lipinski definition) is 3. The minimum atomic E-state index is -0.813. The topological polar surface area (TPSA) is 94.3 Å². The van der Waals surface area contributed by atoms with Crippen molar-refractivity contribution in [3.05, 3.63) is 71.9 Å². The Morgan fingerprint density at radius 2 is 1.81 bits per heavy atom. The second-order valence-corrected chi connectivity index (χ2v) is 8.30. The number of fused-ring (bicyclic) bond motifs is 1. The van der Waals surface area contributed by atoms with Crippen molar-refractivity contribution >= 4 is 28.7 Å². The number of rotatable bonds is 9. The Bertz CT molecular complexity index is 1110. The molecule has 32 heavy (non-hydrogen) atoms. The lowest BCUT2D eigenvalue weighted by Gasteiger charge is -2.16. The van der Waals surface area contributed by atoms with Crippen molar-refractivity contribution in [3.8, 4) is 0 Å². The summed E-state index contributed by atoms with van der Waals surface area (Å²) in [6, 6.07) is 16.7. The maximum Gasteiger partial charge on any atom is 0.324 e. The number of H-pyrrole nitrogens is 1. The lowest BCUT2D eigenvalue weighted by Crippen LogP contribution is -2.40. The molecule has 2 atom stereocenters. The average Bonchev–Trinajstić information content (AvgIpc) is 3.32. The van der Waals surface area contributed by atoms with E-state index in [4.69, 9.17) is 0 Å². The molecule has 2 heterocycles. The molecule has 166 valence electrons. The minimum Gasteiger partial charge on any atom is -0.361 e. The van der Waals surface area contributed by atoms with Gasteiger partial charge in [-0.25, -0.2) is 4.79 Å². The third kappa shape index (κ3) is 4.99. The fourth-order valence-corrected chi connectivity index (χ4v) is 4.12. The summed E-state index contributed by atoms with van der Waals surface area (Å²) in [4.78, 5) is 41.9. The van der Waals surface area contributed by atoms with Gasteiger partial charge in [-0.1, -0.05) is 48.5 Å². The van der Waals surface area contributed by atoms with Gasteiger partial charge in [-0.2, -0.15) is 0 Å². The summed E-state index contributed by atoms with van der Waals surface area (Å²) < 4.78 is 0. The molecule has 1 saturated heterocycles. The monoisotopic (exact) mass is 432 g/mol. The number of imide groups is 1. The maximum absolute atomic E-state index is 12.7. The standard InChI is InChI=1S/C25H28N4O3/c1-17(11-12-18-7-3-2-4-8-18)27-23(30)15-22-24(31)29(25(32)28-22)14-13-19-16-26-21-10-6-5-9-20(19)21/h2-10,16-17,22,26H,11-15H2,1H3,(H,27,30)(H,28,32)/t17-,22+/m1/s1. The Morgan fingerprint density at radius 3 is 2.62 bits per heavy atom. The Hall–Kier alpha value is -3.61. The summed E-state index contributed by atoms with van der Waals surface area (Å²) in [7, 11) is 0. The summed E-state index contributed by atoms with van der Waals surface area (Å²) >= 11 is 0. The molecule has 0 radical (unpaired) electrons. The first-order valence-electron chi connectivity index (χ1n) is 11.0. The fourth-order valence-electron chi connectivity index (χ4n) is 4.12. The van der Waals surface area contributed by atoms with Gasteiger partial charge in [-0.15, -0.1) is 0 Å². The number of carbonyl (C=O) groups excluding carboxylic acids is 3. The van der Waals surface area contributed by atoms with Gasteiger partial charge in [0.15, 0.2) is 0 Å². The maximum atomic E-state index is 12.7. The van der Waals surface area contributed by atoms with Crippen molar-refractivity contribution in [3.63, 3.8) is 0 Å². The van der Waals surface area contributed by atoms with Crippen molar-refractivity contribution in [2.75, 3.05) is 6.54 Å². The van der Waals surface area contributed by atoms with E-state index in [2.05, 4.69) is 27.8 Å². The highest BCUT2D eigenvalue weighted by Crippen LogP contribution is 2.19. The van der Waals surface area contributed by atoms with Crippen LogP contribution in [0.15, 0.2) is 60.8 Å². The third-order valence-electron chi connectivity index (χ3n) is 5.89. The van der Waals surface area contributed by atoms with Crippen molar-refractivity contribution < 1.29 is 14.4 Å². The van der Waals surface area contributed by atoms with E-state index in [0.717, 1.165) is 29.3 Å². The van der Waals surface area contributed by atoms with E-state index in [0.29, 0.717) is 6.42 Å². The van der Waals surface area contributed by atoms with Crippen LogP contribution in [-0.2, 0) is 22.4 Å². The van der Waals surface area contributed by atoms with E-state index in [1.54, 1.807) is 0 Å². The molecule has 7 heteroatoms. The molecule has 3 N–H and O–H groups in total. The van der Waals surface area contributed by atoms with E-state index < -0.39 is 12.1 Å². The zero-order chi connectivity index (χ0) is 22.5. The second-order valence-electron chi connectivity index (χ2n) is 8.30. The summed E-state index contributed by atoms with van der Waals surface area (Å²) in [5.41, 5.74) is 3.29. The number of aromatic nitrogens is 1. The van der Waals surface area contributed by atoms with Crippen LogP contribution < -0.4 is 10.6 Å². The van der Waals surface area contributed by atoms with Crippen LogP contribution in [0.2, 0.25) is 0 Å². The summed E-state index contributed by atoms with van der Waals surface area (Å²) in [5, 5.41) is 6.67. The number of aromatic amines is 1. The second kappa shape index (κ2) is 9.68. The summed E-state index contributed by atoms with van der Waals surface area (Å²) in [6.07, 6.45) is 4.08. The van der Waals surface area contributed by atoms with E-state index >= 15 is 0 Å². The van der Waals surface area contributed by atoms with Crippen LogP contribution in [-0.4, -0.2) is 46.4 Å². The van der Waals surface area contributed by atoms with Gasteiger partial charge in [-0.3, -0.25) is 14.5 Å². The first-order valence-corrected chi connectivity index (χ1v) is 11.0. The smallest absolute Gasteiger partial charge is 0.324 e. The van der Waals surface area contributed by atoms with Gasteiger partial charge in [-0.05, 0) is 43.4 Å². The molecule has 1 aliphatic rings. The molecule has 1 fully saturated rings. The van der Waals surface area contributed by atoms with Gasteiger partial charge in [0.1, 0.15) is 6.04 Å². The quantitative estimate of drug-likeness (QED) is 0.454. The van der Waals surface area contributed by atoms with Crippen LogP contribution in [0, 0.1) is 0 Å². The van der Waals surface area contributed by atoms with Crippen molar-refractivity contribution in [1.82, 2.24) is 20.5 Å². The lowest BCUT2D eigenvalue weighted by molar-refractivity contribution is -0.131. The molecule has 2 aromatic carbocycles. The van der Waals surface area contributed by atoms with Crippen LogP contribution in [0.4, 0.5) is 4.79 Å². The van der Waals surface area contributed by atoms with Gasteiger partial charge in [0.2, 0.25) is 5.91 Å². The molecule has 0 unspecified atom stereocenters. The van der Waals surface area contributed by atoms with Crippen LogP contribution in [0.25, 0.3) is 10.9 Å². The molecule has 4 rings (SSSR count). The number of carbonyl (C=O) groups is 3. The first-order chi connectivity index (χ1) is 15.5. The Morgan fingerprint density at radius 1 is 1.06 bits per heavy atom. The summed E-state index contributed by atoms with van der Waals surface area (Å²) in [5.74, 6) is -0.579. The van der Waals surface area contributed by atoms with Gasteiger partial charge in [0, 0.05) is 29.7 Å². The molecule has 1 aromatic heterocycles. The number of nitrogens with one attached hydrogen (secondary N) is 3. The van der Waals surface area contributed by atoms with Crippen molar-refractivity contribution in [2.24, 2.45) is 0 Å². The van der Waals surface area contributed by atoms with E-state index in [9.17, 15) is 14.4 Å². The molecule has 4 amide bonds. The van der Waals surface area contributed by atoms with E-state index in [-0.39, 0.29) is 30.8 Å². The van der Waals surface area contributed by atoms with E-state index in [1.807, 2.05) is 55.6 Å². The van der Waals surface area contributed by atoms with Gasteiger partial charge < -0.3 is 15.6 Å². The number of aryl methyl sites for hydroxylation is 1. The van der Waals surface area contributed by atoms with Crippen LogP contribution in [0.1, 0.15) is 30.9 Å². The van der Waals surface area contributed by atoms with Crippen LogP contribution >= 0.6 is 0 Å². The highest BCUT2D eigenvalue weighted by molar-refractivity contribution is 6.05. The lowest BCUT2D eigenvalue weighted by atomic mass is 10.1. The Labute approximate surface area is 187 Å². The molecule has 0 saturated carbocycles. The fraction of sp³-hybridized carbons (Fsp3) is 0.320. The first kappa shape index (κ1) is 21.6. The SMILES string of the molecule is C[C@H](CCc1ccccc1)NC(=O)C[C@@H]1NC(=O)N(CCc2c[nH]c3ccccc23)C1=O. The number of urea groups is 1. The molecule has 0 aliphatic carbocycles. The predicted octanol–water partition coefficient (Wildman–Crippen LogP) is 3.16. The van der Waals surface area contributed by atoms with Crippen LogP contribution in [0.5, 0.6) is 0 Å². The number of amides is 4.